The summed E-state index contributed by atoms with van der Waals surface area (Å²) in [7, 11) is 0. The molecule has 0 saturated heterocycles. The molecule has 1 atom stereocenters. The van der Waals surface area contributed by atoms with Gasteiger partial charge >= 0.3 is 0 Å². The van der Waals surface area contributed by atoms with Crippen molar-refractivity contribution in [1.29, 1.82) is 0 Å². The van der Waals surface area contributed by atoms with E-state index in [2.05, 4.69) is 17.2 Å². The van der Waals surface area contributed by atoms with E-state index in [1.807, 2.05) is 24.3 Å². The highest BCUT2D eigenvalue weighted by Crippen LogP contribution is 2.34. The van der Waals surface area contributed by atoms with E-state index in [1.54, 1.807) is 12.1 Å². The quantitative estimate of drug-likeness (QED) is 0.853. The number of hydrogen-bond acceptors (Lipinski definition) is 3. The Bertz CT molecular complexity index is 730. The fourth-order valence-electron chi connectivity index (χ4n) is 2.36. The van der Waals surface area contributed by atoms with Gasteiger partial charge in [0.15, 0.2) is 0 Å². The minimum absolute atomic E-state index is 0.279. The van der Waals surface area contributed by atoms with Crippen LogP contribution in [-0.2, 0) is 4.79 Å². The Morgan fingerprint density at radius 2 is 2.18 bits per heavy atom. The van der Waals surface area contributed by atoms with Crippen LogP contribution in [0.3, 0.4) is 0 Å². The fourth-order valence-corrected chi connectivity index (χ4v) is 2.36. The third-order valence-electron chi connectivity index (χ3n) is 3.45. The highest BCUT2D eigenvalue weighted by Gasteiger charge is 2.22. The fraction of sp³-hybridized carbons (Fsp3) is 0.118. The molecule has 5 heteroatoms. The van der Waals surface area contributed by atoms with Crippen LogP contribution in [0.25, 0.3) is 0 Å². The predicted molar refractivity (Wildman–Crippen MR) is 83.5 cm³/mol. The maximum Gasteiger partial charge on any atom is 0.247 e. The van der Waals surface area contributed by atoms with Gasteiger partial charge in [-0.05, 0) is 30.3 Å². The van der Waals surface area contributed by atoms with Crippen molar-refractivity contribution in [3.8, 4) is 5.75 Å². The summed E-state index contributed by atoms with van der Waals surface area (Å²) in [5, 5.41) is 5.79. The van der Waals surface area contributed by atoms with E-state index in [4.69, 9.17) is 4.74 Å². The second-order valence-corrected chi connectivity index (χ2v) is 4.93. The van der Waals surface area contributed by atoms with Gasteiger partial charge in [0.05, 0.1) is 11.7 Å². The standard InChI is InChI=1S/C17H15FN2O2/c1-2-17(21)19-11-7-8-12(13(18)9-11)15-10-22-16-6-4-3-5-14(16)20-15/h2-9,15,20H,1,10H2,(H,19,21). The molecular weight excluding hydrogens is 283 g/mol. The lowest BCUT2D eigenvalue weighted by Gasteiger charge is -2.28. The number of halogens is 1. The molecule has 3 rings (SSSR count). The highest BCUT2D eigenvalue weighted by atomic mass is 19.1. The normalized spacial score (nSPS) is 16.0. The van der Waals surface area contributed by atoms with Gasteiger partial charge in [-0.2, -0.15) is 0 Å². The molecule has 0 aliphatic carbocycles. The third kappa shape index (κ3) is 2.79. The van der Waals surface area contributed by atoms with Crippen LogP contribution in [0.5, 0.6) is 5.75 Å². The molecule has 4 nitrogen and oxygen atoms in total. The lowest BCUT2D eigenvalue weighted by atomic mass is 10.0. The topological polar surface area (TPSA) is 50.4 Å². The number of rotatable bonds is 3. The van der Waals surface area contributed by atoms with E-state index in [0.717, 1.165) is 17.5 Å². The molecule has 22 heavy (non-hydrogen) atoms. The molecule has 1 aliphatic rings. The van der Waals surface area contributed by atoms with Crippen molar-refractivity contribution < 1.29 is 13.9 Å². The van der Waals surface area contributed by atoms with Crippen LogP contribution in [0.1, 0.15) is 11.6 Å². The Morgan fingerprint density at radius 1 is 1.36 bits per heavy atom. The number of nitrogens with one attached hydrogen (secondary N) is 2. The molecule has 0 aromatic heterocycles. The molecule has 2 aromatic rings. The summed E-state index contributed by atoms with van der Waals surface area (Å²) in [4.78, 5) is 11.2. The van der Waals surface area contributed by atoms with Gasteiger partial charge in [-0.25, -0.2) is 4.39 Å². The number of para-hydroxylation sites is 2. The second kappa shape index (κ2) is 5.89. The number of hydrogen-bond donors (Lipinski definition) is 2. The first-order valence-electron chi connectivity index (χ1n) is 6.88. The minimum Gasteiger partial charge on any atom is -0.489 e. The molecule has 0 fully saturated rings. The largest absolute Gasteiger partial charge is 0.489 e. The Kier molecular flexibility index (Phi) is 3.78. The molecule has 1 amide bonds. The molecule has 0 spiro atoms. The van der Waals surface area contributed by atoms with Gasteiger partial charge in [-0.1, -0.05) is 24.8 Å². The summed E-state index contributed by atoms with van der Waals surface area (Å²) in [6.07, 6.45) is 1.14. The molecule has 0 saturated carbocycles. The summed E-state index contributed by atoms with van der Waals surface area (Å²) in [6.45, 7) is 3.70. The smallest absolute Gasteiger partial charge is 0.247 e. The zero-order valence-electron chi connectivity index (χ0n) is 11.8. The van der Waals surface area contributed by atoms with Crippen LogP contribution in [-0.4, -0.2) is 12.5 Å². The summed E-state index contributed by atoms with van der Waals surface area (Å²) in [6, 6.07) is 11.8. The van der Waals surface area contributed by atoms with E-state index in [-0.39, 0.29) is 11.9 Å². The van der Waals surface area contributed by atoms with Crippen molar-refractivity contribution in [2.45, 2.75) is 6.04 Å². The maximum absolute atomic E-state index is 14.3. The number of fused-ring (bicyclic) bond motifs is 1. The van der Waals surface area contributed by atoms with Crippen LogP contribution in [0, 0.1) is 5.82 Å². The SMILES string of the molecule is C=CC(=O)Nc1ccc(C2COc3ccccc3N2)c(F)c1. The first kappa shape index (κ1) is 14.1. The molecule has 1 unspecified atom stereocenters. The van der Waals surface area contributed by atoms with E-state index >= 15 is 0 Å². The number of benzene rings is 2. The van der Waals surface area contributed by atoms with Gasteiger partial charge in [0.1, 0.15) is 18.2 Å². The van der Waals surface area contributed by atoms with Gasteiger partial charge in [-0.3, -0.25) is 4.79 Å². The van der Waals surface area contributed by atoms with Crippen molar-refractivity contribution in [2.75, 3.05) is 17.2 Å². The summed E-state index contributed by atoms with van der Waals surface area (Å²) >= 11 is 0. The van der Waals surface area contributed by atoms with Gasteiger partial charge in [0, 0.05) is 11.3 Å². The van der Waals surface area contributed by atoms with Crippen LogP contribution in [0.4, 0.5) is 15.8 Å². The molecule has 0 radical (unpaired) electrons. The zero-order chi connectivity index (χ0) is 15.5. The van der Waals surface area contributed by atoms with Crippen LogP contribution in [0.2, 0.25) is 0 Å². The van der Waals surface area contributed by atoms with Crippen LogP contribution in [0.15, 0.2) is 55.1 Å². The number of amides is 1. The van der Waals surface area contributed by atoms with Gasteiger partial charge in [-0.15, -0.1) is 0 Å². The van der Waals surface area contributed by atoms with E-state index in [9.17, 15) is 9.18 Å². The average molecular weight is 298 g/mol. The monoisotopic (exact) mass is 298 g/mol. The minimum atomic E-state index is -0.401. The molecular formula is C17H15FN2O2. The van der Waals surface area contributed by atoms with Crippen molar-refractivity contribution in [2.24, 2.45) is 0 Å². The van der Waals surface area contributed by atoms with Gasteiger partial charge in [0.2, 0.25) is 5.91 Å². The van der Waals surface area contributed by atoms with E-state index in [0.29, 0.717) is 17.9 Å². The molecule has 112 valence electrons. The predicted octanol–water partition coefficient (Wildman–Crippen LogP) is 3.50. The second-order valence-electron chi connectivity index (χ2n) is 4.93. The molecule has 1 aliphatic heterocycles. The number of carbonyl (C=O) groups is 1. The molecule has 1 heterocycles. The first-order valence-corrected chi connectivity index (χ1v) is 6.88. The summed E-state index contributed by atoms with van der Waals surface area (Å²) < 4.78 is 19.9. The summed E-state index contributed by atoms with van der Waals surface area (Å²) in [5.74, 6) is -0.0171. The lowest BCUT2D eigenvalue weighted by molar-refractivity contribution is -0.111. The van der Waals surface area contributed by atoms with Crippen LogP contribution < -0.4 is 15.4 Å². The Hall–Kier alpha value is -2.82. The average Bonchev–Trinajstić information content (AvgIpc) is 2.54. The Morgan fingerprint density at radius 3 is 2.95 bits per heavy atom. The summed E-state index contributed by atoms with van der Waals surface area (Å²) in [5.41, 5.74) is 1.72. The maximum atomic E-state index is 14.3. The van der Waals surface area contributed by atoms with Gasteiger partial charge in [0.25, 0.3) is 0 Å². The van der Waals surface area contributed by atoms with Crippen molar-refractivity contribution in [1.82, 2.24) is 0 Å². The highest BCUT2D eigenvalue weighted by molar-refractivity contribution is 5.98. The molecule has 2 aromatic carbocycles. The van der Waals surface area contributed by atoms with Crippen molar-refractivity contribution >= 4 is 17.3 Å². The first-order chi connectivity index (χ1) is 10.7. The number of anilines is 2. The van der Waals surface area contributed by atoms with Crippen molar-refractivity contribution in [3.63, 3.8) is 0 Å². The molecule has 2 N–H and O–H groups in total. The molecule has 0 bridgehead atoms. The van der Waals surface area contributed by atoms with Crippen LogP contribution >= 0.6 is 0 Å². The van der Waals surface area contributed by atoms with Gasteiger partial charge < -0.3 is 15.4 Å². The Labute approximate surface area is 127 Å². The zero-order valence-corrected chi connectivity index (χ0v) is 11.8. The third-order valence-corrected chi connectivity index (χ3v) is 3.45. The lowest BCUT2D eigenvalue weighted by Crippen LogP contribution is -2.24. The Balaban J connectivity index is 1.81. The van der Waals surface area contributed by atoms with E-state index in [1.165, 1.54) is 6.07 Å². The van der Waals surface area contributed by atoms with Crippen molar-refractivity contribution in [3.05, 3.63) is 66.5 Å². The number of carbonyl (C=O) groups excluding carboxylic acids is 1. The van der Waals surface area contributed by atoms with E-state index < -0.39 is 5.82 Å². The number of ether oxygens (including phenoxy) is 1.